The van der Waals surface area contributed by atoms with Crippen molar-refractivity contribution in [2.24, 2.45) is 5.92 Å². The lowest BCUT2D eigenvalue weighted by Crippen LogP contribution is -2.34. The molecule has 2 aliphatic rings. The highest BCUT2D eigenvalue weighted by molar-refractivity contribution is 6.32. The Balaban J connectivity index is 2.04. The summed E-state index contributed by atoms with van der Waals surface area (Å²) < 4.78 is 0. The molecule has 110 valence electrons. The molecule has 1 amide bonds. The van der Waals surface area contributed by atoms with Crippen LogP contribution in [0.3, 0.4) is 0 Å². The van der Waals surface area contributed by atoms with Gasteiger partial charge in [-0.15, -0.1) is 0 Å². The van der Waals surface area contributed by atoms with Crippen LogP contribution in [0.2, 0.25) is 5.02 Å². The number of carbonyl (C=O) groups is 1. The SMILES string of the molecule is Cc1c(C2C(=O)N3CC[C@H](O)[C@H]3C2C)ccc(C#N)c1Cl. The Labute approximate surface area is 128 Å². The summed E-state index contributed by atoms with van der Waals surface area (Å²) in [7, 11) is 0. The first-order valence-electron chi connectivity index (χ1n) is 7.15. The molecule has 0 bridgehead atoms. The summed E-state index contributed by atoms with van der Waals surface area (Å²) in [6.07, 6.45) is 0.212. The molecular formula is C16H17ClN2O2. The van der Waals surface area contributed by atoms with Crippen LogP contribution in [0, 0.1) is 24.2 Å². The molecule has 0 saturated carbocycles. The molecule has 2 fully saturated rings. The van der Waals surface area contributed by atoms with Crippen molar-refractivity contribution >= 4 is 17.5 Å². The molecule has 0 spiro atoms. The maximum Gasteiger partial charge on any atom is 0.230 e. The molecule has 0 radical (unpaired) electrons. The van der Waals surface area contributed by atoms with Crippen LogP contribution in [0.5, 0.6) is 0 Å². The zero-order chi connectivity index (χ0) is 15.3. The van der Waals surface area contributed by atoms with Crippen molar-refractivity contribution in [1.29, 1.82) is 5.26 Å². The molecule has 1 aromatic rings. The van der Waals surface area contributed by atoms with E-state index < -0.39 is 6.10 Å². The Morgan fingerprint density at radius 1 is 1.48 bits per heavy atom. The third-order valence-electron chi connectivity index (χ3n) is 4.92. The van der Waals surface area contributed by atoms with E-state index in [0.29, 0.717) is 23.6 Å². The van der Waals surface area contributed by atoms with Gasteiger partial charge in [0.1, 0.15) is 6.07 Å². The van der Waals surface area contributed by atoms with Crippen molar-refractivity contribution in [1.82, 2.24) is 4.90 Å². The predicted molar refractivity (Wildman–Crippen MR) is 78.9 cm³/mol. The van der Waals surface area contributed by atoms with E-state index in [2.05, 4.69) is 6.07 Å². The monoisotopic (exact) mass is 304 g/mol. The number of nitrogens with zero attached hydrogens (tertiary/aromatic N) is 2. The van der Waals surface area contributed by atoms with Gasteiger partial charge in [0.15, 0.2) is 0 Å². The number of halogens is 1. The van der Waals surface area contributed by atoms with Crippen LogP contribution in [0.4, 0.5) is 0 Å². The van der Waals surface area contributed by atoms with Gasteiger partial charge in [0.2, 0.25) is 5.91 Å². The summed E-state index contributed by atoms with van der Waals surface area (Å²) in [6.45, 7) is 4.47. The summed E-state index contributed by atoms with van der Waals surface area (Å²) in [6, 6.07) is 5.45. The summed E-state index contributed by atoms with van der Waals surface area (Å²) in [5.74, 6) is -0.180. The normalized spacial score (nSPS) is 31.4. The van der Waals surface area contributed by atoms with E-state index in [1.54, 1.807) is 11.0 Å². The average molecular weight is 305 g/mol. The number of hydrogen-bond donors (Lipinski definition) is 1. The quantitative estimate of drug-likeness (QED) is 0.865. The van der Waals surface area contributed by atoms with Gasteiger partial charge in [-0.1, -0.05) is 24.6 Å². The number of carbonyl (C=O) groups excluding carboxylic acids is 1. The van der Waals surface area contributed by atoms with Gasteiger partial charge >= 0.3 is 0 Å². The van der Waals surface area contributed by atoms with Gasteiger partial charge in [0.25, 0.3) is 0 Å². The van der Waals surface area contributed by atoms with Crippen molar-refractivity contribution in [3.63, 3.8) is 0 Å². The predicted octanol–water partition coefficient (Wildman–Crippen LogP) is 2.22. The molecule has 1 N–H and O–H groups in total. The molecule has 0 aromatic heterocycles. The van der Waals surface area contributed by atoms with Crippen LogP contribution in [0.25, 0.3) is 0 Å². The Bertz CT molecular complexity index is 652. The number of benzene rings is 1. The van der Waals surface area contributed by atoms with Gasteiger partial charge in [0, 0.05) is 6.54 Å². The van der Waals surface area contributed by atoms with E-state index >= 15 is 0 Å². The zero-order valence-corrected chi connectivity index (χ0v) is 12.8. The van der Waals surface area contributed by atoms with Crippen molar-refractivity contribution in [2.75, 3.05) is 6.54 Å². The number of amides is 1. The molecule has 2 unspecified atom stereocenters. The summed E-state index contributed by atoms with van der Waals surface area (Å²) >= 11 is 6.22. The Hall–Kier alpha value is -1.57. The highest BCUT2D eigenvalue weighted by Gasteiger charge is 2.52. The van der Waals surface area contributed by atoms with Gasteiger partial charge in [-0.05, 0) is 36.5 Å². The van der Waals surface area contributed by atoms with E-state index in [4.69, 9.17) is 16.9 Å². The molecular weight excluding hydrogens is 288 g/mol. The minimum atomic E-state index is -0.442. The zero-order valence-electron chi connectivity index (χ0n) is 12.0. The van der Waals surface area contributed by atoms with Gasteiger partial charge < -0.3 is 10.0 Å². The van der Waals surface area contributed by atoms with Crippen molar-refractivity contribution in [2.45, 2.75) is 38.3 Å². The molecule has 2 heterocycles. The van der Waals surface area contributed by atoms with E-state index in [0.717, 1.165) is 11.1 Å². The van der Waals surface area contributed by atoms with Gasteiger partial charge in [0.05, 0.1) is 28.6 Å². The number of hydrogen-bond acceptors (Lipinski definition) is 3. The first-order chi connectivity index (χ1) is 9.97. The highest BCUT2D eigenvalue weighted by Crippen LogP contribution is 2.44. The van der Waals surface area contributed by atoms with Crippen LogP contribution >= 0.6 is 11.6 Å². The van der Waals surface area contributed by atoms with Crippen LogP contribution in [-0.2, 0) is 4.79 Å². The summed E-state index contributed by atoms with van der Waals surface area (Å²) in [5.41, 5.74) is 2.09. The standard InChI is InChI=1S/C16H17ClN2O2/c1-8-11(4-3-10(7-18)14(8)17)13-9(2)15-12(20)5-6-19(15)16(13)21/h3-4,9,12-13,15,20H,5-6H2,1-2H3/t9?,12-,13?,15+/m0/s1. The number of fused-ring (bicyclic) bond motifs is 1. The fourth-order valence-corrected chi connectivity index (χ4v) is 4.04. The third-order valence-corrected chi connectivity index (χ3v) is 5.40. The fourth-order valence-electron chi connectivity index (χ4n) is 3.83. The molecule has 3 rings (SSSR count). The minimum absolute atomic E-state index is 0.0395. The number of aliphatic hydroxyl groups excluding tert-OH is 1. The number of aliphatic hydroxyl groups is 1. The fraction of sp³-hybridized carbons (Fsp3) is 0.500. The molecule has 5 heteroatoms. The Kier molecular flexibility index (Phi) is 3.43. The van der Waals surface area contributed by atoms with Crippen LogP contribution < -0.4 is 0 Å². The Morgan fingerprint density at radius 2 is 2.19 bits per heavy atom. The smallest absolute Gasteiger partial charge is 0.230 e. The Morgan fingerprint density at radius 3 is 2.81 bits per heavy atom. The van der Waals surface area contributed by atoms with Crippen molar-refractivity contribution < 1.29 is 9.90 Å². The molecule has 4 nitrogen and oxygen atoms in total. The number of rotatable bonds is 1. The number of nitriles is 1. The lowest BCUT2D eigenvalue weighted by Gasteiger charge is -2.22. The average Bonchev–Trinajstić information content (AvgIpc) is 2.95. The first-order valence-corrected chi connectivity index (χ1v) is 7.52. The second kappa shape index (κ2) is 5.01. The van der Waals surface area contributed by atoms with Gasteiger partial charge in [-0.3, -0.25) is 4.79 Å². The first kappa shape index (κ1) is 14.4. The lowest BCUT2D eigenvalue weighted by atomic mass is 9.82. The van der Waals surface area contributed by atoms with Crippen LogP contribution in [-0.4, -0.2) is 34.6 Å². The highest BCUT2D eigenvalue weighted by atomic mass is 35.5. The molecule has 0 aliphatic carbocycles. The lowest BCUT2D eigenvalue weighted by molar-refractivity contribution is -0.129. The molecule has 1 aromatic carbocycles. The van der Waals surface area contributed by atoms with Crippen molar-refractivity contribution in [3.8, 4) is 6.07 Å². The van der Waals surface area contributed by atoms with Crippen molar-refractivity contribution in [3.05, 3.63) is 33.8 Å². The maximum atomic E-state index is 12.7. The molecule has 4 atom stereocenters. The topological polar surface area (TPSA) is 64.3 Å². The van der Waals surface area contributed by atoms with E-state index in [1.165, 1.54) is 0 Å². The largest absolute Gasteiger partial charge is 0.391 e. The molecule has 2 aliphatic heterocycles. The van der Waals surface area contributed by atoms with Crippen LogP contribution in [0.1, 0.15) is 36.0 Å². The third kappa shape index (κ3) is 1.96. The molecule has 21 heavy (non-hydrogen) atoms. The van der Waals surface area contributed by atoms with E-state index in [9.17, 15) is 9.90 Å². The maximum absolute atomic E-state index is 12.7. The van der Waals surface area contributed by atoms with E-state index in [-0.39, 0.29) is 23.8 Å². The molecule has 2 saturated heterocycles. The van der Waals surface area contributed by atoms with Gasteiger partial charge in [-0.2, -0.15) is 5.26 Å². The second-order valence-electron chi connectivity index (χ2n) is 5.97. The summed E-state index contributed by atoms with van der Waals surface area (Å²) in [4.78, 5) is 14.5. The van der Waals surface area contributed by atoms with E-state index in [1.807, 2.05) is 19.9 Å². The summed E-state index contributed by atoms with van der Waals surface area (Å²) in [5, 5.41) is 19.5. The second-order valence-corrected chi connectivity index (χ2v) is 6.35. The van der Waals surface area contributed by atoms with Crippen LogP contribution in [0.15, 0.2) is 12.1 Å². The minimum Gasteiger partial charge on any atom is -0.391 e. The van der Waals surface area contributed by atoms with Gasteiger partial charge in [-0.25, -0.2) is 0 Å².